The summed E-state index contributed by atoms with van der Waals surface area (Å²) in [5.74, 6) is 1.61. The molecule has 4 rings (SSSR count). The van der Waals surface area contributed by atoms with E-state index in [1.807, 2.05) is 0 Å². The lowest BCUT2D eigenvalue weighted by Gasteiger charge is -2.28. The van der Waals surface area contributed by atoms with E-state index in [1.165, 1.54) is 6.26 Å². The van der Waals surface area contributed by atoms with Crippen LogP contribution in [0.3, 0.4) is 0 Å². The van der Waals surface area contributed by atoms with Crippen molar-refractivity contribution in [1.29, 1.82) is 0 Å². The lowest BCUT2D eigenvalue weighted by molar-refractivity contribution is 0.122. The maximum atomic E-state index is 12.3. The smallest absolute Gasteiger partial charge is 0.323 e. The number of rotatable bonds is 7. The first-order valence-corrected chi connectivity index (χ1v) is 13.1. The lowest BCUT2D eigenvalue weighted by Crippen LogP contribution is -2.37. The number of methoxy groups -OCH3 is 1. The molecule has 1 aliphatic heterocycles. The predicted octanol–water partition coefficient (Wildman–Crippen LogP) is 3.18. The van der Waals surface area contributed by atoms with Crippen molar-refractivity contribution in [2.75, 3.05) is 55.2 Å². The Morgan fingerprint density at radius 2 is 1.60 bits per heavy atom. The van der Waals surface area contributed by atoms with Gasteiger partial charge in [0.2, 0.25) is 0 Å². The summed E-state index contributed by atoms with van der Waals surface area (Å²) in [6.45, 7) is 2.50. The molecular weight excluding hydrogens is 470 g/mol. The molecule has 0 bridgehead atoms. The van der Waals surface area contributed by atoms with Crippen LogP contribution in [0.1, 0.15) is 5.69 Å². The van der Waals surface area contributed by atoms with Crippen molar-refractivity contribution in [3.8, 4) is 17.1 Å². The van der Waals surface area contributed by atoms with Gasteiger partial charge in [0.25, 0.3) is 0 Å². The number of benzene rings is 2. The van der Waals surface area contributed by atoms with Gasteiger partial charge in [-0.2, -0.15) is 0 Å². The van der Waals surface area contributed by atoms with Crippen molar-refractivity contribution in [3.63, 3.8) is 0 Å². The standard InChI is InChI=1S/C24H27N5O5S/c1-33-21-9-7-19(8-10-21)27-24(30)26-18-5-3-17(4-6-18)23-25-20(16-35(2,31)32)15-22(28-23)29-11-13-34-14-12-29/h3-10,15H,11-14,16H2,1-2H3,(H2,26,27,30). The topological polar surface area (TPSA) is 123 Å². The third-order valence-corrected chi connectivity index (χ3v) is 6.08. The zero-order valence-corrected chi connectivity index (χ0v) is 20.3. The van der Waals surface area contributed by atoms with Crippen LogP contribution in [-0.2, 0) is 20.3 Å². The van der Waals surface area contributed by atoms with E-state index in [0.29, 0.717) is 66.3 Å². The van der Waals surface area contributed by atoms with Gasteiger partial charge in [-0.3, -0.25) is 0 Å². The minimum Gasteiger partial charge on any atom is -0.497 e. The Kier molecular flexibility index (Phi) is 7.47. The van der Waals surface area contributed by atoms with Gasteiger partial charge in [-0.25, -0.2) is 23.2 Å². The summed E-state index contributed by atoms with van der Waals surface area (Å²) in [6, 6.07) is 15.4. The number of hydrogen-bond acceptors (Lipinski definition) is 8. The first-order chi connectivity index (χ1) is 16.8. The molecule has 0 aliphatic carbocycles. The molecule has 2 N–H and O–H groups in total. The van der Waals surface area contributed by atoms with Gasteiger partial charge in [0, 0.05) is 42.3 Å². The molecule has 3 aromatic rings. The quantitative estimate of drug-likeness (QED) is 0.510. The van der Waals surface area contributed by atoms with E-state index in [2.05, 4.69) is 25.5 Å². The van der Waals surface area contributed by atoms with E-state index in [0.717, 1.165) is 0 Å². The molecule has 0 saturated carbocycles. The van der Waals surface area contributed by atoms with E-state index >= 15 is 0 Å². The molecule has 2 amide bonds. The largest absolute Gasteiger partial charge is 0.497 e. The number of sulfone groups is 1. The zero-order chi connectivity index (χ0) is 24.8. The SMILES string of the molecule is COc1ccc(NC(=O)Nc2ccc(-c3nc(CS(C)(=O)=O)cc(N4CCOCC4)n3)cc2)cc1. The maximum Gasteiger partial charge on any atom is 0.323 e. The summed E-state index contributed by atoms with van der Waals surface area (Å²) in [7, 11) is -1.69. The summed E-state index contributed by atoms with van der Waals surface area (Å²) < 4.78 is 34.3. The minimum atomic E-state index is -3.27. The highest BCUT2D eigenvalue weighted by Gasteiger charge is 2.17. The van der Waals surface area contributed by atoms with E-state index in [9.17, 15) is 13.2 Å². The van der Waals surface area contributed by atoms with Crippen molar-refractivity contribution in [3.05, 3.63) is 60.3 Å². The van der Waals surface area contributed by atoms with E-state index in [-0.39, 0.29) is 11.8 Å². The lowest BCUT2D eigenvalue weighted by atomic mass is 10.2. The van der Waals surface area contributed by atoms with E-state index in [4.69, 9.17) is 9.47 Å². The Morgan fingerprint density at radius 1 is 1.00 bits per heavy atom. The van der Waals surface area contributed by atoms with Gasteiger partial charge in [-0.05, 0) is 48.5 Å². The highest BCUT2D eigenvalue weighted by atomic mass is 32.2. The Bertz CT molecular complexity index is 1270. The van der Waals surface area contributed by atoms with Gasteiger partial charge in [-0.15, -0.1) is 0 Å². The first-order valence-electron chi connectivity index (χ1n) is 11.0. The fourth-order valence-electron chi connectivity index (χ4n) is 3.58. The average molecular weight is 498 g/mol. The molecule has 0 spiro atoms. The van der Waals surface area contributed by atoms with Gasteiger partial charge in [0.05, 0.1) is 31.8 Å². The monoisotopic (exact) mass is 497 g/mol. The van der Waals surface area contributed by atoms with Crippen LogP contribution in [0.2, 0.25) is 0 Å². The summed E-state index contributed by atoms with van der Waals surface area (Å²) >= 11 is 0. The van der Waals surface area contributed by atoms with Crippen LogP contribution >= 0.6 is 0 Å². The molecule has 0 atom stereocenters. The number of aromatic nitrogens is 2. The number of nitrogens with zero attached hydrogens (tertiary/aromatic N) is 3. The fourth-order valence-corrected chi connectivity index (χ4v) is 4.26. The van der Waals surface area contributed by atoms with Crippen LogP contribution in [0.15, 0.2) is 54.6 Å². The van der Waals surface area contributed by atoms with Crippen LogP contribution in [0.5, 0.6) is 5.75 Å². The summed E-state index contributed by atoms with van der Waals surface area (Å²) in [5, 5.41) is 5.54. The van der Waals surface area contributed by atoms with Crippen molar-refractivity contribution >= 4 is 33.1 Å². The normalized spacial score (nSPS) is 13.8. The predicted molar refractivity (Wildman–Crippen MR) is 135 cm³/mol. The van der Waals surface area contributed by atoms with Crippen molar-refractivity contribution in [2.45, 2.75) is 5.75 Å². The van der Waals surface area contributed by atoms with Crippen LogP contribution in [0.25, 0.3) is 11.4 Å². The molecule has 11 heteroatoms. The Balaban J connectivity index is 1.50. The number of ether oxygens (including phenoxy) is 2. The first kappa shape index (κ1) is 24.4. The van der Waals surface area contributed by atoms with Gasteiger partial charge in [0.1, 0.15) is 11.6 Å². The van der Waals surface area contributed by atoms with Gasteiger partial charge >= 0.3 is 6.03 Å². The third kappa shape index (κ3) is 6.90. The number of amides is 2. The fraction of sp³-hybridized carbons (Fsp3) is 0.292. The molecule has 1 aromatic heterocycles. The summed E-state index contributed by atoms with van der Waals surface area (Å²) in [6.07, 6.45) is 1.18. The molecule has 2 aromatic carbocycles. The van der Waals surface area contributed by atoms with Crippen molar-refractivity contribution in [2.24, 2.45) is 0 Å². The second-order valence-electron chi connectivity index (χ2n) is 8.10. The molecule has 2 heterocycles. The molecule has 10 nitrogen and oxygen atoms in total. The second-order valence-corrected chi connectivity index (χ2v) is 10.2. The molecular formula is C24H27N5O5S. The summed E-state index contributed by atoms with van der Waals surface area (Å²) in [4.78, 5) is 23.6. The average Bonchev–Trinajstić information content (AvgIpc) is 2.84. The molecule has 184 valence electrons. The molecule has 0 radical (unpaired) electrons. The van der Waals surface area contributed by atoms with Gasteiger partial charge in [-0.1, -0.05) is 0 Å². The third-order valence-electron chi connectivity index (χ3n) is 5.26. The van der Waals surface area contributed by atoms with E-state index in [1.54, 1.807) is 61.7 Å². The van der Waals surface area contributed by atoms with Crippen LogP contribution in [-0.4, -0.2) is 64.1 Å². The Labute approximate surface area is 204 Å². The van der Waals surface area contributed by atoms with Crippen LogP contribution < -0.4 is 20.3 Å². The molecule has 1 fully saturated rings. The second kappa shape index (κ2) is 10.7. The highest BCUT2D eigenvalue weighted by molar-refractivity contribution is 7.89. The van der Waals surface area contributed by atoms with Crippen molar-refractivity contribution < 1.29 is 22.7 Å². The number of carbonyl (C=O) groups is 1. The van der Waals surface area contributed by atoms with Gasteiger partial charge < -0.3 is 25.0 Å². The van der Waals surface area contributed by atoms with Gasteiger partial charge in [0.15, 0.2) is 15.7 Å². The Hall–Kier alpha value is -3.70. The molecule has 1 aliphatic rings. The highest BCUT2D eigenvalue weighted by Crippen LogP contribution is 2.24. The zero-order valence-electron chi connectivity index (χ0n) is 19.5. The minimum absolute atomic E-state index is 0.176. The molecule has 0 unspecified atom stereocenters. The Morgan fingerprint density at radius 3 is 2.17 bits per heavy atom. The molecule has 1 saturated heterocycles. The maximum absolute atomic E-state index is 12.3. The van der Waals surface area contributed by atoms with Crippen LogP contribution in [0, 0.1) is 0 Å². The molecule has 35 heavy (non-hydrogen) atoms. The number of morpholine rings is 1. The number of anilines is 3. The number of carbonyl (C=O) groups excluding carboxylic acids is 1. The number of urea groups is 1. The summed E-state index contributed by atoms with van der Waals surface area (Å²) in [5.41, 5.74) is 2.35. The number of hydrogen-bond donors (Lipinski definition) is 2. The van der Waals surface area contributed by atoms with E-state index < -0.39 is 9.84 Å². The van der Waals surface area contributed by atoms with Crippen molar-refractivity contribution in [1.82, 2.24) is 9.97 Å². The van der Waals surface area contributed by atoms with Crippen LogP contribution in [0.4, 0.5) is 22.0 Å². The number of nitrogens with one attached hydrogen (secondary N) is 2.